The minimum absolute atomic E-state index is 0.00147. The van der Waals surface area contributed by atoms with Crippen LogP contribution in [-0.2, 0) is 17.9 Å². The number of aromatic amines is 1. The summed E-state index contributed by atoms with van der Waals surface area (Å²) < 4.78 is 7.65. The first-order chi connectivity index (χ1) is 16.9. The Morgan fingerprint density at radius 3 is 2.37 bits per heavy atom. The number of carboxylic acids is 1. The Morgan fingerprint density at radius 2 is 1.71 bits per heavy atom. The van der Waals surface area contributed by atoms with Crippen LogP contribution in [0.4, 0.5) is 5.69 Å². The van der Waals surface area contributed by atoms with Crippen molar-refractivity contribution in [2.24, 2.45) is 4.99 Å². The van der Waals surface area contributed by atoms with Gasteiger partial charge in [0.2, 0.25) is 5.62 Å². The fourth-order valence-electron chi connectivity index (χ4n) is 3.12. The molecule has 4 rings (SSSR count). The number of halogens is 1. The summed E-state index contributed by atoms with van der Waals surface area (Å²) >= 11 is 5.95. The first kappa shape index (κ1) is 23.6. The topological polar surface area (TPSA) is 144 Å². The summed E-state index contributed by atoms with van der Waals surface area (Å²) in [6.07, 6.45) is 2.73. The second kappa shape index (κ2) is 10.6. The molecule has 0 aliphatic heterocycles. The monoisotopic (exact) mass is 494 g/mol. The van der Waals surface area contributed by atoms with E-state index in [0.29, 0.717) is 16.5 Å². The maximum absolute atomic E-state index is 13.1. The lowest BCUT2D eigenvalue weighted by Crippen LogP contribution is -2.50. The van der Waals surface area contributed by atoms with Crippen LogP contribution in [0.2, 0.25) is 5.02 Å². The highest BCUT2D eigenvalue weighted by atomic mass is 35.5. The number of ether oxygens (including phenoxy) is 1. The molecule has 0 unspecified atom stereocenters. The van der Waals surface area contributed by atoms with E-state index < -0.39 is 17.3 Å². The SMILES string of the molecule is O=C(O)CCn1c(=O)[nH]/c(=N\c2ccc(Oc3ncccn3)cc2)n(Cc2ccc(Cl)cc2)c1=O. The van der Waals surface area contributed by atoms with Crippen molar-refractivity contribution < 1.29 is 14.6 Å². The lowest BCUT2D eigenvalue weighted by molar-refractivity contribution is -0.137. The van der Waals surface area contributed by atoms with Gasteiger partial charge in [0, 0.05) is 24.0 Å². The van der Waals surface area contributed by atoms with Crippen LogP contribution in [0.3, 0.4) is 0 Å². The molecule has 0 saturated heterocycles. The van der Waals surface area contributed by atoms with Gasteiger partial charge in [-0.25, -0.2) is 29.1 Å². The quantitative estimate of drug-likeness (QED) is 0.382. The average molecular weight is 495 g/mol. The highest BCUT2D eigenvalue weighted by Crippen LogP contribution is 2.21. The molecule has 0 atom stereocenters. The summed E-state index contributed by atoms with van der Waals surface area (Å²) in [6.45, 7) is -0.205. The largest absolute Gasteiger partial charge is 0.481 e. The summed E-state index contributed by atoms with van der Waals surface area (Å²) in [6, 6.07) is 15.3. The molecule has 0 aliphatic carbocycles. The van der Waals surface area contributed by atoms with Crippen molar-refractivity contribution in [2.45, 2.75) is 19.5 Å². The van der Waals surface area contributed by atoms with E-state index in [2.05, 4.69) is 19.9 Å². The molecule has 2 aromatic carbocycles. The Labute approximate surface area is 202 Å². The Bertz CT molecular complexity index is 1510. The molecule has 0 aliphatic rings. The number of aromatic nitrogens is 5. The third kappa shape index (κ3) is 6.09. The Morgan fingerprint density at radius 1 is 1.03 bits per heavy atom. The Balaban J connectivity index is 1.73. The van der Waals surface area contributed by atoms with Gasteiger partial charge in [-0.3, -0.25) is 14.3 Å². The van der Waals surface area contributed by atoms with Crippen LogP contribution in [0, 0.1) is 0 Å². The Hall–Kier alpha value is -4.51. The van der Waals surface area contributed by atoms with Crippen LogP contribution in [0.1, 0.15) is 12.0 Å². The minimum Gasteiger partial charge on any atom is -0.481 e. The van der Waals surface area contributed by atoms with E-state index in [-0.39, 0.29) is 31.1 Å². The summed E-state index contributed by atoms with van der Waals surface area (Å²) in [4.78, 5) is 51.7. The van der Waals surface area contributed by atoms with Gasteiger partial charge in [-0.2, -0.15) is 0 Å². The third-order valence-electron chi connectivity index (χ3n) is 4.81. The molecule has 4 aromatic rings. The fraction of sp³-hybridized carbons (Fsp3) is 0.130. The van der Waals surface area contributed by atoms with Gasteiger partial charge in [-0.15, -0.1) is 0 Å². The highest BCUT2D eigenvalue weighted by Gasteiger charge is 2.11. The maximum Gasteiger partial charge on any atom is 0.335 e. The van der Waals surface area contributed by atoms with Gasteiger partial charge in [-0.1, -0.05) is 23.7 Å². The first-order valence-corrected chi connectivity index (χ1v) is 10.8. The smallest absolute Gasteiger partial charge is 0.335 e. The highest BCUT2D eigenvalue weighted by molar-refractivity contribution is 6.30. The molecule has 0 bridgehead atoms. The molecular weight excluding hydrogens is 476 g/mol. The number of hydrogen-bond acceptors (Lipinski definition) is 7. The summed E-state index contributed by atoms with van der Waals surface area (Å²) in [5.74, 6) is -0.653. The maximum atomic E-state index is 13.1. The van der Waals surface area contributed by atoms with Crippen molar-refractivity contribution in [3.05, 3.63) is 104 Å². The van der Waals surface area contributed by atoms with E-state index >= 15 is 0 Å². The molecule has 0 radical (unpaired) electrons. The normalized spacial score (nSPS) is 11.4. The predicted octanol–water partition coefficient (Wildman–Crippen LogP) is 2.33. The van der Waals surface area contributed by atoms with Gasteiger partial charge in [-0.05, 0) is 48.0 Å². The van der Waals surface area contributed by atoms with Crippen molar-refractivity contribution >= 4 is 23.3 Å². The Kier molecular flexibility index (Phi) is 7.17. The van der Waals surface area contributed by atoms with Gasteiger partial charge in [0.15, 0.2) is 0 Å². The lowest BCUT2D eigenvalue weighted by atomic mass is 10.2. The summed E-state index contributed by atoms with van der Waals surface area (Å²) in [5.41, 5.74) is -0.277. The lowest BCUT2D eigenvalue weighted by Gasteiger charge is -2.11. The van der Waals surface area contributed by atoms with Crippen LogP contribution in [0.5, 0.6) is 11.8 Å². The van der Waals surface area contributed by atoms with Crippen molar-refractivity contribution in [2.75, 3.05) is 0 Å². The average Bonchev–Trinajstić information content (AvgIpc) is 2.84. The number of nitrogens with zero attached hydrogens (tertiary/aromatic N) is 5. The van der Waals surface area contributed by atoms with E-state index in [1.54, 1.807) is 67.0 Å². The van der Waals surface area contributed by atoms with Crippen LogP contribution in [0.15, 0.2) is 81.6 Å². The molecule has 0 amide bonds. The van der Waals surface area contributed by atoms with Crippen molar-refractivity contribution in [1.29, 1.82) is 0 Å². The first-order valence-electron chi connectivity index (χ1n) is 10.4. The molecule has 2 heterocycles. The summed E-state index contributed by atoms with van der Waals surface area (Å²) in [5, 5.41) is 9.50. The molecule has 0 spiro atoms. The second-order valence-corrected chi connectivity index (χ2v) is 7.72. The van der Waals surface area contributed by atoms with Gasteiger partial charge >= 0.3 is 23.4 Å². The van der Waals surface area contributed by atoms with E-state index in [0.717, 1.165) is 10.1 Å². The molecule has 2 aromatic heterocycles. The minimum atomic E-state index is -1.13. The number of nitrogens with one attached hydrogen (secondary N) is 1. The van der Waals surface area contributed by atoms with Gasteiger partial charge in [0.05, 0.1) is 18.7 Å². The van der Waals surface area contributed by atoms with Crippen molar-refractivity contribution in [3.63, 3.8) is 0 Å². The number of aliphatic carboxylic acids is 1. The number of benzene rings is 2. The van der Waals surface area contributed by atoms with E-state index in [1.807, 2.05) is 0 Å². The predicted molar refractivity (Wildman–Crippen MR) is 126 cm³/mol. The van der Waals surface area contributed by atoms with Gasteiger partial charge in [0.1, 0.15) is 5.75 Å². The third-order valence-corrected chi connectivity index (χ3v) is 5.06. The molecule has 11 nitrogen and oxygen atoms in total. The van der Waals surface area contributed by atoms with Crippen molar-refractivity contribution in [1.82, 2.24) is 24.1 Å². The number of carboxylic acid groups (broad SMARTS) is 1. The number of carbonyl (C=O) groups is 1. The zero-order chi connectivity index (χ0) is 24.8. The van der Waals surface area contributed by atoms with Crippen LogP contribution in [-0.4, -0.2) is 35.2 Å². The van der Waals surface area contributed by atoms with Gasteiger partial charge in [0.25, 0.3) is 0 Å². The molecule has 0 fully saturated rings. The molecule has 35 heavy (non-hydrogen) atoms. The zero-order valence-corrected chi connectivity index (χ0v) is 18.9. The van der Waals surface area contributed by atoms with E-state index in [9.17, 15) is 14.4 Å². The second-order valence-electron chi connectivity index (χ2n) is 7.28. The number of hydrogen-bond donors (Lipinski definition) is 2. The zero-order valence-electron chi connectivity index (χ0n) is 18.2. The summed E-state index contributed by atoms with van der Waals surface area (Å²) in [7, 11) is 0. The van der Waals surface area contributed by atoms with Crippen LogP contribution >= 0.6 is 11.6 Å². The molecule has 0 saturated carbocycles. The molecule has 178 valence electrons. The van der Waals surface area contributed by atoms with Gasteiger partial charge < -0.3 is 9.84 Å². The molecular formula is C23H19ClN6O5. The number of rotatable bonds is 8. The fourth-order valence-corrected chi connectivity index (χ4v) is 3.24. The standard InChI is InChI=1S/C23H19ClN6O5/c24-16-4-2-15(3-5-16)14-30-20(28-22(33)29(23(30)34)13-10-19(31)32)27-17-6-8-18(9-7-17)35-21-25-11-1-12-26-21/h1-9,11-12H,10,13-14H2,(H,31,32)(H,27,28,33). The molecule has 12 heteroatoms. The van der Waals surface area contributed by atoms with Crippen molar-refractivity contribution in [3.8, 4) is 11.8 Å². The van der Waals surface area contributed by atoms with Crippen LogP contribution in [0.25, 0.3) is 0 Å². The van der Waals surface area contributed by atoms with Crippen LogP contribution < -0.4 is 21.7 Å². The molecule has 2 N–H and O–H groups in total. The van der Waals surface area contributed by atoms with E-state index in [4.69, 9.17) is 21.4 Å². The number of H-pyrrole nitrogens is 1. The van der Waals surface area contributed by atoms with E-state index in [1.165, 1.54) is 4.57 Å².